The summed E-state index contributed by atoms with van der Waals surface area (Å²) in [5.74, 6) is 0.408. The Bertz CT molecular complexity index is 683. The van der Waals surface area contributed by atoms with Crippen molar-refractivity contribution in [2.75, 3.05) is 19.6 Å². The summed E-state index contributed by atoms with van der Waals surface area (Å²) in [7, 11) is -3.41. The second-order valence-electron chi connectivity index (χ2n) is 6.80. The Morgan fingerprint density at radius 1 is 1.19 bits per heavy atom. The Kier molecular flexibility index (Phi) is 8.38. The largest absolute Gasteiger partial charge is 0.370 e. The average molecular weight is 381 g/mol. The van der Waals surface area contributed by atoms with Crippen molar-refractivity contribution in [3.8, 4) is 0 Å². The van der Waals surface area contributed by atoms with Crippen LogP contribution in [0.3, 0.4) is 0 Å². The minimum atomic E-state index is -3.41. The quantitative estimate of drug-likeness (QED) is 0.392. The molecule has 1 aromatic carbocycles. The minimum absolute atomic E-state index is 0.346. The van der Waals surface area contributed by atoms with Gasteiger partial charge in [-0.1, -0.05) is 44.7 Å². The highest BCUT2D eigenvalue weighted by molar-refractivity contribution is 7.89. The molecule has 26 heavy (non-hydrogen) atoms. The lowest BCUT2D eigenvalue weighted by Crippen LogP contribution is -2.35. The van der Waals surface area contributed by atoms with Gasteiger partial charge in [-0.15, -0.1) is 0 Å². The highest BCUT2D eigenvalue weighted by Crippen LogP contribution is 2.21. The maximum absolute atomic E-state index is 12.8. The van der Waals surface area contributed by atoms with Gasteiger partial charge in [-0.2, -0.15) is 4.31 Å². The molecule has 146 valence electrons. The first-order valence-electron chi connectivity index (χ1n) is 9.67. The first-order valence-corrected chi connectivity index (χ1v) is 11.1. The summed E-state index contributed by atoms with van der Waals surface area (Å²) in [6.45, 7) is 4.60. The number of nitrogens with one attached hydrogen (secondary N) is 1. The Morgan fingerprint density at radius 3 is 2.69 bits per heavy atom. The molecule has 3 N–H and O–H groups in total. The summed E-state index contributed by atoms with van der Waals surface area (Å²) in [6, 6.07) is 7.03. The maximum atomic E-state index is 12.8. The van der Waals surface area contributed by atoms with E-state index < -0.39 is 10.0 Å². The van der Waals surface area contributed by atoms with Gasteiger partial charge in [0.05, 0.1) is 11.4 Å². The van der Waals surface area contributed by atoms with E-state index in [1.165, 1.54) is 19.3 Å². The fourth-order valence-corrected chi connectivity index (χ4v) is 4.65. The van der Waals surface area contributed by atoms with Crippen LogP contribution in [-0.4, -0.2) is 38.3 Å². The van der Waals surface area contributed by atoms with Crippen LogP contribution in [0, 0.1) is 0 Å². The summed E-state index contributed by atoms with van der Waals surface area (Å²) < 4.78 is 27.1. The molecule has 0 bridgehead atoms. The monoisotopic (exact) mass is 380 g/mol. The van der Waals surface area contributed by atoms with Crippen LogP contribution in [0.25, 0.3) is 0 Å². The number of aliphatic imine (C=N–C) groups is 1. The molecular formula is C19H32N4O2S. The number of rotatable bonds is 9. The molecule has 0 spiro atoms. The molecule has 1 aliphatic heterocycles. The second kappa shape index (κ2) is 10.5. The van der Waals surface area contributed by atoms with E-state index in [0.29, 0.717) is 30.5 Å². The third kappa shape index (κ3) is 6.29. The molecule has 0 aliphatic carbocycles. The predicted octanol–water partition coefficient (Wildman–Crippen LogP) is 2.85. The number of guanidine groups is 1. The van der Waals surface area contributed by atoms with Gasteiger partial charge in [0, 0.05) is 19.6 Å². The molecule has 0 saturated carbocycles. The highest BCUT2D eigenvalue weighted by Gasteiger charge is 2.25. The molecule has 1 aromatic rings. The second-order valence-corrected chi connectivity index (χ2v) is 8.74. The Hall–Kier alpha value is -1.60. The number of hydrogen-bond donors (Lipinski definition) is 2. The fraction of sp³-hybridized carbons (Fsp3) is 0.632. The molecule has 0 atom stereocenters. The molecule has 0 radical (unpaired) electrons. The molecule has 0 unspecified atom stereocenters. The molecule has 1 saturated heterocycles. The Morgan fingerprint density at radius 2 is 1.96 bits per heavy atom. The van der Waals surface area contributed by atoms with Crippen molar-refractivity contribution in [2.45, 2.75) is 63.3 Å². The van der Waals surface area contributed by atoms with Crippen molar-refractivity contribution in [2.24, 2.45) is 10.7 Å². The fourth-order valence-electron chi connectivity index (χ4n) is 3.06. The molecule has 1 fully saturated rings. The van der Waals surface area contributed by atoms with Gasteiger partial charge in [-0.05, 0) is 37.0 Å². The number of nitrogens with two attached hydrogens (primary N) is 1. The van der Waals surface area contributed by atoms with E-state index in [-0.39, 0.29) is 0 Å². The molecule has 6 nitrogen and oxygen atoms in total. The van der Waals surface area contributed by atoms with Crippen LogP contribution in [-0.2, 0) is 16.6 Å². The summed E-state index contributed by atoms with van der Waals surface area (Å²) >= 11 is 0. The lowest BCUT2D eigenvalue weighted by Gasteiger charge is -2.26. The van der Waals surface area contributed by atoms with Gasteiger partial charge in [0.2, 0.25) is 10.0 Å². The standard InChI is InChI=1S/C19H32N4O2S/c1-2-3-4-6-12-21-19(20)22-16-17-10-9-11-18(15-17)26(24,25)23-13-7-5-8-14-23/h9-11,15H,2-8,12-14,16H2,1H3,(H3,20,21,22). The van der Waals surface area contributed by atoms with Gasteiger partial charge in [0.15, 0.2) is 5.96 Å². The van der Waals surface area contributed by atoms with Crippen LogP contribution >= 0.6 is 0 Å². The van der Waals surface area contributed by atoms with Crippen molar-refractivity contribution >= 4 is 16.0 Å². The number of benzene rings is 1. The Balaban J connectivity index is 1.93. The Labute approximate surface area is 157 Å². The van der Waals surface area contributed by atoms with Crippen LogP contribution in [0.4, 0.5) is 0 Å². The summed E-state index contributed by atoms with van der Waals surface area (Å²) in [5.41, 5.74) is 6.74. The van der Waals surface area contributed by atoms with Crippen molar-refractivity contribution < 1.29 is 8.42 Å². The van der Waals surface area contributed by atoms with Gasteiger partial charge < -0.3 is 11.1 Å². The van der Waals surface area contributed by atoms with Crippen LogP contribution < -0.4 is 11.1 Å². The van der Waals surface area contributed by atoms with Crippen molar-refractivity contribution in [1.82, 2.24) is 9.62 Å². The first kappa shape index (κ1) is 20.7. The number of piperidine rings is 1. The topological polar surface area (TPSA) is 87.8 Å². The lowest BCUT2D eigenvalue weighted by atomic mass is 10.2. The highest BCUT2D eigenvalue weighted by atomic mass is 32.2. The van der Waals surface area contributed by atoms with Crippen LogP contribution in [0.15, 0.2) is 34.2 Å². The molecule has 2 rings (SSSR count). The molecular weight excluding hydrogens is 348 g/mol. The van der Waals surface area contributed by atoms with Gasteiger partial charge in [0.25, 0.3) is 0 Å². The van der Waals surface area contributed by atoms with Crippen LogP contribution in [0.2, 0.25) is 0 Å². The smallest absolute Gasteiger partial charge is 0.243 e. The summed E-state index contributed by atoms with van der Waals surface area (Å²) in [5, 5.41) is 3.11. The van der Waals surface area contributed by atoms with Crippen LogP contribution in [0.1, 0.15) is 57.4 Å². The van der Waals surface area contributed by atoms with E-state index in [1.807, 2.05) is 6.07 Å². The molecule has 1 aliphatic rings. The first-order chi connectivity index (χ1) is 12.5. The number of nitrogens with zero attached hydrogens (tertiary/aromatic N) is 2. The zero-order chi connectivity index (χ0) is 18.8. The SMILES string of the molecule is CCCCCCNC(N)=NCc1cccc(S(=O)(=O)N2CCCCC2)c1. The molecule has 1 heterocycles. The molecule has 7 heteroatoms. The summed E-state index contributed by atoms with van der Waals surface area (Å²) in [4.78, 5) is 4.67. The number of unbranched alkanes of at least 4 members (excludes halogenated alkanes) is 3. The predicted molar refractivity (Wildman–Crippen MR) is 107 cm³/mol. The van der Waals surface area contributed by atoms with Gasteiger partial charge in [-0.3, -0.25) is 0 Å². The number of sulfonamides is 1. The summed E-state index contributed by atoms with van der Waals surface area (Å²) in [6.07, 6.45) is 7.68. The van der Waals surface area contributed by atoms with Gasteiger partial charge in [0.1, 0.15) is 0 Å². The van der Waals surface area contributed by atoms with Crippen LogP contribution in [0.5, 0.6) is 0 Å². The van der Waals surface area contributed by atoms with E-state index in [0.717, 1.165) is 37.8 Å². The normalized spacial score (nSPS) is 16.6. The minimum Gasteiger partial charge on any atom is -0.370 e. The van der Waals surface area contributed by atoms with Crippen molar-refractivity contribution in [3.05, 3.63) is 29.8 Å². The zero-order valence-corrected chi connectivity index (χ0v) is 16.6. The third-order valence-corrected chi connectivity index (χ3v) is 6.51. The van der Waals surface area contributed by atoms with E-state index in [9.17, 15) is 8.42 Å². The zero-order valence-electron chi connectivity index (χ0n) is 15.8. The lowest BCUT2D eigenvalue weighted by molar-refractivity contribution is 0.346. The van der Waals surface area contributed by atoms with Crippen molar-refractivity contribution in [3.63, 3.8) is 0 Å². The van der Waals surface area contributed by atoms with E-state index in [4.69, 9.17) is 5.73 Å². The number of hydrogen-bond acceptors (Lipinski definition) is 3. The van der Waals surface area contributed by atoms with Gasteiger partial charge in [-0.25, -0.2) is 13.4 Å². The van der Waals surface area contributed by atoms with E-state index >= 15 is 0 Å². The van der Waals surface area contributed by atoms with E-state index in [2.05, 4.69) is 17.2 Å². The van der Waals surface area contributed by atoms with Crippen molar-refractivity contribution in [1.29, 1.82) is 0 Å². The maximum Gasteiger partial charge on any atom is 0.243 e. The third-order valence-electron chi connectivity index (χ3n) is 4.62. The molecule has 0 aromatic heterocycles. The van der Waals surface area contributed by atoms with E-state index in [1.54, 1.807) is 22.5 Å². The molecule has 0 amide bonds. The average Bonchev–Trinajstić information content (AvgIpc) is 2.67. The van der Waals surface area contributed by atoms with Gasteiger partial charge >= 0.3 is 0 Å².